The third kappa shape index (κ3) is 2.40. The van der Waals surface area contributed by atoms with Crippen molar-refractivity contribution in [1.29, 1.82) is 0 Å². The molecule has 3 nitrogen and oxygen atoms in total. The van der Waals surface area contributed by atoms with E-state index in [4.69, 9.17) is 23.2 Å². The lowest BCUT2D eigenvalue weighted by Gasteiger charge is -2.38. The van der Waals surface area contributed by atoms with Crippen molar-refractivity contribution in [2.75, 3.05) is 5.32 Å². The van der Waals surface area contributed by atoms with E-state index >= 15 is 0 Å². The highest BCUT2D eigenvalue weighted by Gasteiger charge is 2.39. The van der Waals surface area contributed by atoms with Crippen LogP contribution in [0.3, 0.4) is 0 Å². The summed E-state index contributed by atoms with van der Waals surface area (Å²) in [5.41, 5.74) is 3.12. The first-order chi connectivity index (χ1) is 11.6. The molecule has 1 N–H and O–H groups in total. The maximum atomic E-state index is 10.9. The van der Waals surface area contributed by atoms with Gasteiger partial charge < -0.3 is 15.2 Å². The quantitative estimate of drug-likeness (QED) is 0.819. The first-order valence-corrected chi connectivity index (χ1v) is 8.54. The summed E-state index contributed by atoms with van der Waals surface area (Å²) < 4.78 is 0. The molecule has 2 aromatic carbocycles. The van der Waals surface area contributed by atoms with Crippen LogP contribution in [0.5, 0.6) is 0 Å². The van der Waals surface area contributed by atoms with E-state index in [1.165, 1.54) is 0 Å². The molecule has 3 atom stereocenters. The second-order valence-electron chi connectivity index (χ2n) is 6.20. The number of benzene rings is 2. The molecule has 0 spiro atoms. The summed E-state index contributed by atoms with van der Waals surface area (Å²) >= 11 is 12.8. The fourth-order valence-electron chi connectivity index (χ4n) is 3.79. The van der Waals surface area contributed by atoms with E-state index < -0.39 is 5.97 Å². The third-order valence-electron chi connectivity index (χ3n) is 4.92. The molecule has 1 aliphatic carbocycles. The average Bonchev–Trinajstić information content (AvgIpc) is 3.07. The molecule has 0 aromatic heterocycles. The van der Waals surface area contributed by atoms with Crippen molar-refractivity contribution in [3.05, 3.63) is 75.3 Å². The van der Waals surface area contributed by atoms with E-state index in [0.29, 0.717) is 16.0 Å². The maximum Gasteiger partial charge on any atom is 0.0715 e. The van der Waals surface area contributed by atoms with Crippen molar-refractivity contribution in [2.45, 2.75) is 18.4 Å². The Balaban J connectivity index is 1.78. The number of aromatic carboxylic acids is 1. The van der Waals surface area contributed by atoms with Gasteiger partial charge in [0.25, 0.3) is 0 Å². The second kappa shape index (κ2) is 5.83. The molecule has 2 aliphatic rings. The zero-order valence-corrected chi connectivity index (χ0v) is 14.1. The average molecular weight is 359 g/mol. The van der Waals surface area contributed by atoms with Gasteiger partial charge in [0.05, 0.1) is 22.7 Å². The normalized spacial score (nSPS) is 24.2. The third-order valence-corrected chi connectivity index (χ3v) is 5.57. The van der Waals surface area contributed by atoms with Gasteiger partial charge in [0.15, 0.2) is 0 Å². The van der Waals surface area contributed by atoms with Gasteiger partial charge in [-0.15, -0.1) is 0 Å². The van der Waals surface area contributed by atoms with Gasteiger partial charge in [0.2, 0.25) is 0 Å². The van der Waals surface area contributed by atoms with Gasteiger partial charge in [-0.25, -0.2) is 0 Å². The Bertz CT molecular complexity index is 845. The first kappa shape index (κ1) is 15.6. The van der Waals surface area contributed by atoms with Crippen LogP contribution in [-0.4, -0.2) is 5.97 Å². The Labute approximate surface area is 149 Å². The molecule has 0 amide bonds. The lowest BCUT2D eigenvalue weighted by Crippen LogP contribution is -2.29. The zero-order valence-electron chi connectivity index (χ0n) is 12.6. The summed E-state index contributed by atoms with van der Waals surface area (Å²) in [4.78, 5) is 10.9. The van der Waals surface area contributed by atoms with Gasteiger partial charge in [-0.2, -0.15) is 0 Å². The van der Waals surface area contributed by atoms with Crippen molar-refractivity contribution < 1.29 is 9.90 Å². The lowest BCUT2D eigenvalue weighted by atomic mass is 9.77. The predicted octanol–water partition coefficient (Wildman–Crippen LogP) is 4.18. The van der Waals surface area contributed by atoms with Gasteiger partial charge in [0, 0.05) is 16.5 Å². The molecule has 0 saturated heterocycles. The standard InChI is InChI=1S/C19H15Cl2NO2/c20-14-8-9-15(21)18-16(14)12-2-1-3-13(12)17(22-18)10-4-6-11(7-5-10)19(23)24/h1-2,4-9,12-13,17,22H,3H2,(H,23,24)/p-1/t12-,13+,17-/m0/s1. The van der Waals surface area contributed by atoms with Crippen molar-refractivity contribution >= 4 is 34.9 Å². The van der Waals surface area contributed by atoms with Crippen LogP contribution in [0.25, 0.3) is 0 Å². The van der Waals surface area contributed by atoms with Crippen LogP contribution in [-0.2, 0) is 0 Å². The Kier molecular flexibility index (Phi) is 3.78. The van der Waals surface area contributed by atoms with E-state index in [-0.39, 0.29) is 17.5 Å². The molecule has 4 rings (SSSR count). The van der Waals surface area contributed by atoms with Crippen LogP contribution >= 0.6 is 23.2 Å². The number of fused-ring (bicyclic) bond motifs is 3. The molecule has 5 heteroatoms. The smallest absolute Gasteiger partial charge is 0.0715 e. The van der Waals surface area contributed by atoms with Crippen molar-refractivity contribution in [2.24, 2.45) is 5.92 Å². The summed E-state index contributed by atoms with van der Waals surface area (Å²) in [5, 5.41) is 15.8. The fourth-order valence-corrected chi connectivity index (χ4v) is 4.29. The van der Waals surface area contributed by atoms with Crippen molar-refractivity contribution in [1.82, 2.24) is 0 Å². The van der Waals surface area contributed by atoms with Crippen molar-refractivity contribution in [3.63, 3.8) is 0 Å². The first-order valence-electron chi connectivity index (χ1n) is 7.78. The van der Waals surface area contributed by atoms with E-state index in [2.05, 4.69) is 17.5 Å². The molecular weight excluding hydrogens is 345 g/mol. The number of carbonyl (C=O) groups is 1. The number of halogens is 2. The number of hydrogen-bond acceptors (Lipinski definition) is 3. The van der Waals surface area contributed by atoms with Crippen LogP contribution < -0.4 is 10.4 Å². The number of carbonyl (C=O) groups excluding carboxylic acids is 1. The van der Waals surface area contributed by atoms with Gasteiger partial charge in [-0.05, 0) is 35.6 Å². The molecule has 1 aliphatic heterocycles. The SMILES string of the molecule is O=C([O-])c1ccc([C@@H]2Nc3c(Cl)ccc(Cl)c3[C@H]3C=CC[C@H]32)cc1. The van der Waals surface area contributed by atoms with Crippen LogP contribution in [0.1, 0.15) is 39.9 Å². The number of rotatable bonds is 2. The largest absolute Gasteiger partial charge is 0.545 e. The Morgan fingerprint density at radius 1 is 1.08 bits per heavy atom. The molecule has 0 saturated carbocycles. The Hall–Kier alpha value is -1.97. The molecule has 1 heterocycles. The topological polar surface area (TPSA) is 52.2 Å². The highest BCUT2D eigenvalue weighted by molar-refractivity contribution is 6.36. The summed E-state index contributed by atoms with van der Waals surface area (Å²) in [6.07, 6.45) is 5.30. The van der Waals surface area contributed by atoms with Gasteiger partial charge >= 0.3 is 0 Å². The van der Waals surface area contributed by atoms with Crippen molar-refractivity contribution in [3.8, 4) is 0 Å². The minimum atomic E-state index is -1.17. The molecule has 2 aromatic rings. The molecule has 0 fully saturated rings. The number of carboxylic acid groups (broad SMARTS) is 1. The van der Waals surface area contributed by atoms with E-state index in [1.54, 1.807) is 18.2 Å². The fraction of sp³-hybridized carbons (Fsp3) is 0.211. The zero-order chi connectivity index (χ0) is 16.8. The van der Waals surface area contributed by atoms with Crippen LogP contribution in [0.15, 0.2) is 48.6 Å². The molecule has 0 unspecified atom stereocenters. The number of allylic oxidation sites excluding steroid dienone is 2. The molecule has 122 valence electrons. The Morgan fingerprint density at radius 3 is 2.50 bits per heavy atom. The van der Waals surface area contributed by atoms with E-state index in [9.17, 15) is 9.90 Å². The number of anilines is 1. The summed E-state index contributed by atoms with van der Waals surface area (Å²) in [5.74, 6) is -0.640. The maximum absolute atomic E-state index is 10.9. The minimum absolute atomic E-state index is 0.0456. The van der Waals surface area contributed by atoms with Crippen LogP contribution in [0.4, 0.5) is 5.69 Å². The van der Waals surface area contributed by atoms with E-state index in [0.717, 1.165) is 23.2 Å². The summed E-state index contributed by atoms with van der Waals surface area (Å²) in [7, 11) is 0. The summed E-state index contributed by atoms with van der Waals surface area (Å²) in [6.45, 7) is 0. The predicted molar refractivity (Wildman–Crippen MR) is 93.6 cm³/mol. The monoisotopic (exact) mass is 358 g/mol. The Morgan fingerprint density at radius 2 is 1.79 bits per heavy atom. The van der Waals surface area contributed by atoms with Gasteiger partial charge in [-0.3, -0.25) is 0 Å². The molecule has 0 radical (unpaired) electrons. The lowest BCUT2D eigenvalue weighted by molar-refractivity contribution is -0.255. The van der Waals surface area contributed by atoms with E-state index in [1.807, 2.05) is 18.2 Å². The molecular formula is C19H14Cl2NO2-. The highest BCUT2D eigenvalue weighted by atomic mass is 35.5. The summed E-state index contributed by atoms with van der Waals surface area (Å²) in [6, 6.07) is 10.5. The van der Waals surface area contributed by atoms with Crippen LogP contribution in [0.2, 0.25) is 10.0 Å². The van der Waals surface area contributed by atoms with Gasteiger partial charge in [0.1, 0.15) is 0 Å². The number of hydrogen-bond donors (Lipinski definition) is 1. The number of nitrogens with one attached hydrogen (secondary N) is 1. The second-order valence-corrected chi connectivity index (χ2v) is 7.02. The van der Waals surface area contributed by atoms with Gasteiger partial charge in [-0.1, -0.05) is 59.6 Å². The highest BCUT2D eigenvalue weighted by Crippen LogP contribution is 2.53. The minimum Gasteiger partial charge on any atom is -0.545 e. The number of carboxylic acids is 1. The molecule has 24 heavy (non-hydrogen) atoms. The molecule has 0 bridgehead atoms. The van der Waals surface area contributed by atoms with Crippen LogP contribution in [0, 0.1) is 5.92 Å².